The molecule has 2 unspecified atom stereocenters. The largest absolute Gasteiger partial charge is 0.493 e. The van der Waals surface area contributed by atoms with Gasteiger partial charge in [-0.05, 0) is 24.1 Å². The summed E-state index contributed by atoms with van der Waals surface area (Å²) < 4.78 is 16.2. The lowest BCUT2D eigenvalue weighted by atomic mass is 10.0. The molecule has 0 bridgehead atoms. The number of ether oxygens (including phenoxy) is 3. The van der Waals surface area contributed by atoms with Crippen LogP contribution >= 0.6 is 0 Å². The second kappa shape index (κ2) is 10.4. The Bertz CT molecular complexity index is 576. The first-order chi connectivity index (χ1) is 12.6. The molecule has 1 heterocycles. The van der Waals surface area contributed by atoms with E-state index in [4.69, 9.17) is 19.9 Å². The van der Waals surface area contributed by atoms with Crippen molar-refractivity contribution in [1.82, 2.24) is 10.2 Å². The molecule has 1 aliphatic rings. The van der Waals surface area contributed by atoms with Gasteiger partial charge in [-0.1, -0.05) is 19.4 Å². The van der Waals surface area contributed by atoms with E-state index in [2.05, 4.69) is 10.2 Å². The Morgan fingerprint density at radius 3 is 2.58 bits per heavy atom. The summed E-state index contributed by atoms with van der Waals surface area (Å²) in [6, 6.07) is 5.44. The number of amides is 1. The Kier molecular flexibility index (Phi) is 8.15. The summed E-state index contributed by atoms with van der Waals surface area (Å²) in [7, 11) is 3.24. The van der Waals surface area contributed by atoms with Crippen LogP contribution in [0.15, 0.2) is 18.2 Å². The van der Waals surface area contributed by atoms with Crippen LogP contribution in [0.3, 0.4) is 0 Å². The Morgan fingerprint density at radius 2 is 1.96 bits per heavy atom. The standard InChI is InChI=1S/C19H31N3O4/c1-4-5-15(20)19(23)21-13-16(22-8-10-26-11-9-22)14-6-7-17(24-2)18(12-14)25-3/h6-7,12,15-16H,4-5,8-11,13,20H2,1-3H3,(H,21,23). The van der Waals surface area contributed by atoms with Gasteiger partial charge in [-0.15, -0.1) is 0 Å². The normalized spacial score (nSPS) is 17.4. The topological polar surface area (TPSA) is 86.1 Å². The number of hydrogen-bond donors (Lipinski definition) is 2. The average Bonchev–Trinajstić information content (AvgIpc) is 2.68. The molecule has 1 aromatic rings. The minimum atomic E-state index is -0.462. The Balaban J connectivity index is 2.17. The van der Waals surface area contributed by atoms with Crippen molar-refractivity contribution in [2.45, 2.75) is 31.8 Å². The second-order valence-electron chi connectivity index (χ2n) is 6.42. The van der Waals surface area contributed by atoms with Crippen LogP contribution in [0.4, 0.5) is 0 Å². The van der Waals surface area contributed by atoms with Crippen molar-refractivity contribution in [2.24, 2.45) is 5.73 Å². The number of methoxy groups -OCH3 is 2. The van der Waals surface area contributed by atoms with Crippen LogP contribution in [0, 0.1) is 0 Å². The zero-order valence-corrected chi connectivity index (χ0v) is 16.0. The van der Waals surface area contributed by atoms with Gasteiger partial charge >= 0.3 is 0 Å². The van der Waals surface area contributed by atoms with Crippen LogP contribution in [0.25, 0.3) is 0 Å². The number of carbonyl (C=O) groups is 1. The monoisotopic (exact) mass is 365 g/mol. The summed E-state index contributed by atoms with van der Waals surface area (Å²) in [6.07, 6.45) is 1.57. The first kappa shape index (κ1) is 20.5. The molecule has 1 aliphatic heterocycles. The van der Waals surface area contributed by atoms with Crippen LogP contribution in [0.1, 0.15) is 31.4 Å². The summed E-state index contributed by atoms with van der Waals surface area (Å²) in [5.74, 6) is 1.26. The minimum Gasteiger partial charge on any atom is -0.493 e. The molecule has 0 spiro atoms. The van der Waals surface area contributed by atoms with Gasteiger partial charge in [0.15, 0.2) is 11.5 Å². The fourth-order valence-corrected chi connectivity index (χ4v) is 3.18. The van der Waals surface area contributed by atoms with Crippen molar-refractivity contribution in [3.8, 4) is 11.5 Å². The van der Waals surface area contributed by atoms with Gasteiger partial charge in [0.2, 0.25) is 5.91 Å². The molecule has 2 rings (SSSR count). The van der Waals surface area contributed by atoms with E-state index >= 15 is 0 Å². The highest BCUT2D eigenvalue weighted by Crippen LogP contribution is 2.32. The van der Waals surface area contributed by atoms with Crippen molar-refractivity contribution in [2.75, 3.05) is 47.1 Å². The zero-order chi connectivity index (χ0) is 18.9. The first-order valence-corrected chi connectivity index (χ1v) is 9.17. The maximum absolute atomic E-state index is 12.3. The van der Waals surface area contributed by atoms with Crippen molar-refractivity contribution >= 4 is 5.91 Å². The molecule has 26 heavy (non-hydrogen) atoms. The van der Waals surface area contributed by atoms with E-state index in [0.717, 1.165) is 25.1 Å². The molecule has 146 valence electrons. The fraction of sp³-hybridized carbons (Fsp3) is 0.632. The van der Waals surface area contributed by atoms with Gasteiger partial charge in [0.25, 0.3) is 0 Å². The quantitative estimate of drug-likeness (QED) is 0.686. The molecular weight excluding hydrogens is 334 g/mol. The molecule has 1 fully saturated rings. The lowest BCUT2D eigenvalue weighted by Gasteiger charge is -2.35. The van der Waals surface area contributed by atoms with Crippen molar-refractivity contribution in [1.29, 1.82) is 0 Å². The van der Waals surface area contributed by atoms with Crippen LogP contribution in [0.2, 0.25) is 0 Å². The van der Waals surface area contributed by atoms with E-state index in [1.165, 1.54) is 0 Å². The lowest BCUT2D eigenvalue weighted by Crippen LogP contribution is -2.47. The third-order valence-corrected chi connectivity index (χ3v) is 4.68. The van der Waals surface area contributed by atoms with Gasteiger partial charge in [0, 0.05) is 19.6 Å². The molecule has 3 N–H and O–H groups in total. The predicted octanol–water partition coefficient (Wildman–Crippen LogP) is 1.32. The first-order valence-electron chi connectivity index (χ1n) is 9.17. The van der Waals surface area contributed by atoms with Gasteiger partial charge in [-0.2, -0.15) is 0 Å². The summed E-state index contributed by atoms with van der Waals surface area (Å²) in [5, 5.41) is 3.01. The van der Waals surface area contributed by atoms with Gasteiger partial charge < -0.3 is 25.3 Å². The highest BCUT2D eigenvalue weighted by Gasteiger charge is 2.25. The molecule has 2 atom stereocenters. The van der Waals surface area contributed by atoms with E-state index in [9.17, 15) is 4.79 Å². The smallest absolute Gasteiger partial charge is 0.236 e. The van der Waals surface area contributed by atoms with Crippen molar-refractivity contribution in [3.63, 3.8) is 0 Å². The van der Waals surface area contributed by atoms with Crippen LogP contribution in [-0.2, 0) is 9.53 Å². The lowest BCUT2D eigenvalue weighted by molar-refractivity contribution is -0.122. The van der Waals surface area contributed by atoms with E-state index in [1.807, 2.05) is 25.1 Å². The third-order valence-electron chi connectivity index (χ3n) is 4.68. The number of hydrogen-bond acceptors (Lipinski definition) is 6. The fourth-order valence-electron chi connectivity index (χ4n) is 3.18. The zero-order valence-electron chi connectivity index (χ0n) is 16.0. The van der Waals surface area contributed by atoms with Crippen LogP contribution in [-0.4, -0.2) is 63.9 Å². The summed E-state index contributed by atoms with van der Waals surface area (Å²) >= 11 is 0. The number of morpholine rings is 1. The molecule has 0 aliphatic carbocycles. The van der Waals surface area contributed by atoms with Crippen molar-refractivity contribution in [3.05, 3.63) is 23.8 Å². The number of nitrogens with two attached hydrogens (primary N) is 1. The third kappa shape index (κ3) is 5.33. The van der Waals surface area contributed by atoms with E-state index < -0.39 is 6.04 Å². The molecule has 0 saturated carbocycles. The molecule has 1 amide bonds. The van der Waals surface area contributed by atoms with Crippen molar-refractivity contribution < 1.29 is 19.0 Å². The SMILES string of the molecule is CCCC(N)C(=O)NCC(c1ccc(OC)c(OC)c1)N1CCOCC1. The Hall–Kier alpha value is -1.83. The Morgan fingerprint density at radius 1 is 1.27 bits per heavy atom. The molecule has 7 nitrogen and oxygen atoms in total. The highest BCUT2D eigenvalue weighted by molar-refractivity contribution is 5.81. The molecule has 1 saturated heterocycles. The Labute approximate surface area is 155 Å². The van der Waals surface area contributed by atoms with E-state index in [-0.39, 0.29) is 11.9 Å². The molecule has 0 aromatic heterocycles. The molecular formula is C19H31N3O4. The number of benzene rings is 1. The van der Waals surface area contributed by atoms with Crippen LogP contribution in [0.5, 0.6) is 11.5 Å². The second-order valence-corrected chi connectivity index (χ2v) is 6.42. The number of nitrogens with one attached hydrogen (secondary N) is 1. The predicted molar refractivity (Wildman–Crippen MR) is 101 cm³/mol. The minimum absolute atomic E-state index is 0.0245. The number of nitrogens with zero attached hydrogens (tertiary/aromatic N) is 1. The summed E-state index contributed by atoms with van der Waals surface area (Å²) in [5.41, 5.74) is 7.00. The maximum atomic E-state index is 12.3. The van der Waals surface area contributed by atoms with Gasteiger partial charge in [0.05, 0.1) is 39.5 Å². The number of rotatable bonds is 9. The summed E-state index contributed by atoms with van der Waals surface area (Å²) in [4.78, 5) is 14.6. The molecule has 1 aromatic carbocycles. The van der Waals surface area contributed by atoms with Gasteiger partial charge in [-0.25, -0.2) is 0 Å². The average molecular weight is 365 g/mol. The number of carbonyl (C=O) groups excluding carboxylic acids is 1. The van der Waals surface area contributed by atoms with Gasteiger partial charge in [-0.3, -0.25) is 9.69 Å². The van der Waals surface area contributed by atoms with E-state index in [0.29, 0.717) is 37.7 Å². The molecule has 0 radical (unpaired) electrons. The highest BCUT2D eigenvalue weighted by atomic mass is 16.5. The molecule has 7 heteroatoms. The van der Waals surface area contributed by atoms with Gasteiger partial charge in [0.1, 0.15) is 0 Å². The summed E-state index contributed by atoms with van der Waals surface area (Å²) in [6.45, 7) is 5.52. The van der Waals surface area contributed by atoms with E-state index in [1.54, 1.807) is 14.2 Å². The maximum Gasteiger partial charge on any atom is 0.236 e. The van der Waals surface area contributed by atoms with Crippen LogP contribution < -0.4 is 20.5 Å².